The molecule has 0 saturated carbocycles. The number of imidazole rings is 1. The number of aryl methyl sites for hydroxylation is 1. The maximum absolute atomic E-state index is 13.7. The van der Waals surface area contributed by atoms with Crippen LogP contribution in [-0.4, -0.2) is 92.7 Å². The van der Waals surface area contributed by atoms with Crippen molar-refractivity contribution in [2.75, 3.05) is 19.6 Å². The molecule has 3 N–H and O–H groups in total. The van der Waals surface area contributed by atoms with E-state index in [2.05, 4.69) is 20.9 Å². The first-order chi connectivity index (χ1) is 19.5. The summed E-state index contributed by atoms with van der Waals surface area (Å²) >= 11 is 0. The zero-order valence-corrected chi connectivity index (χ0v) is 24.0. The molecule has 2 aliphatic heterocycles. The number of hydrogen-bond donors (Lipinski definition) is 3. The van der Waals surface area contributed by atoms with Gasteiger partial charge in [0, 0.05) is 20.1 Å². The third-order valence-electron chi connectivity index (χ3n) is 7.60. The summed E-state index contributed by atoms with van der Waals surface area (Å²) in [6.07, 6.45) is 4.40. The first kappa shape index (κ1) is 29.8. The summed E-state index contributed by atoms with van der Waals surface area (Å²) in [4.78, 5) is 74.0. The summed E-state index contributed by atoms with van der Waals surface area (Å²) in [5.74, 6) is -2.39. The zero-order valence-electron chi connectivity index (χ0n) is 24.0. The molecule has 5 amide bonds. The normalized spacial score (nSPS) is 24.7. The lowest BCUT2D eigenvalue weighted by molar-refractivity contribution is -0.142. The number of benzene rings is 1. The topological polar surface area (TPSA) is 146 Å². The molecule has 4 atom stereocenters. The number of nitrogens with zero attached hydrogens (tertiary/aromatic N) is 4. The van der Waals surface area contributed by atoms with Gasteiger partial charge >= 0.3 is 0 Å². The van der Waals surface area contributed by atoms with Crippen molar-refractivity contribution < 1.29 is 24.0 Å². The second-order valence-corrected chi connectivity index (χ2v) is 11.2. The summed E-state index contributed by atoms with van der Waals surface area (Å²) in [5, 5.41) is 8.62. The molecule has 2 aliphatic rings. The predicted octanol–water partition coefficient (Wildman–Crippen LogP) is 0.240. The lowest BCUT2D eigenvalue weighted by atomic mass is 10.00. The average molecular weight is 566 g/mol. The molecule has 2 aromatic rings. The number of rotatable bonds is 4. The van der Waals surface area contributed by atoms with Crippen LogP contribution in [0.1, 0.15) is 49.7 Å². The molecule has 0 aliphatic carbocycles. The molecule has 0 unspecified atom stereocenters. The molecular formula is C29H39N7O5. The van der Waals surface area contributed by atoms with Gasteiger partial charge < -0.3 is 30.3 Å². The third kappa shape index (κ3) is 7.11. The van der Waals surface area contributed by atoms with Crippen molar-refractivity contribution in [2.24, 2.45) is 13.0 Å². The van der Waals surface area contributed by atoms with Crippen molar-refractivity contribution >= 4 is 29.5 Å². The first-order valence-corrected chi connectivity index (χ1v) is 14.0. The van der Waals surface area contributed by atoms with Crippen molar-refractivity contribution in [3.8, 4) is 0 Å². The van der Waals surface area contributed by atoms with E-state index in [0.717, 1.165) is 5.56 Å². The van der Waals surface area contributed by atoms with Crippen LogP contribution in [0.4, 0.5) is 0 Å². The van der Waals surface area contributed by atoms with E-state index in [0.29, 0.717) is 25.8 Å². The Labute approximate surface area is 239 Å². The predicted molar refractivity (Wildman–Crippen MR) is 150 cm³/mol. The van der Waals surface area contributed by atoms with Crippen molar-refractivity contribution in [3.63, 3.8) is 0 Å². The number of fused-ring (bicyclic) bond motifs is 1. The quantitative estimate of drug-likeness (QED) is 0.484. The first-order valence-electron chi connectivity index (χ1n) is 14.0. The lowest BCUT2D eigenvalue weighted by Crippen LogP contribution is -2.58. The van der Waals surface area contributed by atoms with Gasteiger partial charge in [0.15, 0.2) is 0 Å². The van der Waals surface area contributed by atoms with E-state index in [1.54, 1.807) is 18.5 Å². The maximum atomic E-state index is 13.7. The molecule has 12 heteroatoms. The number of hydrogen-bond acceptors (Lipinski definition) is 6. The van der Waals surface area contributed by atoms with Crippen LogP contribution in [0.25, 0.3) is 0 Å². The molecule has 2 fully saturated rings. The van der Waals surface area contributed by atoms with Crippen LogP contribution in [0.15, 0.2) is 42.9 Å². The minimum absolute atomic E-state index is 0.00784. The van der Waals surface area contributed by atoms with E-state index in [9.17, 15) is 24.0 Å². The fourth-order valence-electron chi connectivity index (χ4n) is 5.42. The van der Waals surface area contributed by atoms with E-state index in [-0.39, 0.29) is 30.6 Å². The Morgan fingerprint density at radius 3 is 2.44 bits per heavy atom. The van der Waals surface area contributed by atoms with Crippen LogP contribution in [0.5, 0.6) is 0 Å². The summed E-state index contributed by atoms with van der Waals surface area (Å²) in [5.41, 5.74) is 1.20. The molecule has 41 heavy (non-hydrogen) atoms. The summed E-state index contributed by atoms with van der Waals surface area (Å²) in [6.45, 7) is 5.29. The molecule has 1 aromatic carbocycles. The van der Waals surface area contributed by atoms with Gasteiger partial charge in [0.25, 0.3) is 5.91 Å². The van der Waals surface area contributed by atoms with Crippen LogP contribution in [0.2, 0.25) is 0 Å². The second kappa shape index (κ2) is 13.0. The Balaban J connectivity index is 1.71. The Morgan fingerprint density at radius 2 is 1.78 bits per heavy atom. The van der Waals surface area contributed by atoms with Crippen molar-refractivity contribution in [3.05, 3.63) is 54.1 Å². The van der Waals surface area contributed by atoms with Crippen molar-refractivity contribution in [2.45, 2.75) is 64.2 Å². The molecule has 2 saturated heterocycles. The highest BCUT2D eigenvalue weighted by Gasteiger charge is 2.39. The smallest absolute Gasteiger partial charge is 0.272 e. The largest absolute Gasteiger partial charge is 0.349 e. The highest BCUT2D eigenvalue weighted by atomic mass is 16.2. The van der Waals surface area contributed by atoms with Gasteiger partial charge in [-0.2, -0.15) is 0 Å². The maximum Gasteiger partial charge on any atom is 0.272 e. The van der Waals surface area contributed by atoms with E-state index in [1.807, 2.05) is 44.2 Å². The van der Waals surface area contributed by atoms with E-state index < -0.39 is 47.8 Å². The van der Waals surface area contributed by atoms with Crippen LogP contribution < -0.4 is 16.0 Å². The standard InChI is InChI=1S/C29H39N7O5/c1-18(2)25-27(39)32-21(13-20-9-6-5-7-10-20)15-35(29(41)23-14-30-17-34(23)4)16-24(37)31-19(3)28(40)36-12-8-11-22(36)26(38)33-25/h5-7,9-10,14,17-19,21-22,25H,8,11-13,15-16H2,1-4H3,(H,31,37)(H,32,39)(H,33,38)/t19-,21-,22+,25-/m0/s1. The van der Waals surface area contributed by atoms with Gasteiger partial charge in [0.1, 0.15) is 23.8 Å². The molecule has 12 nitrogen and oxygen atoms in total. The summed E-state index contributed by atoms with van der Waals surface area (Å²) in [7, 11) is 1.68. The Kier molecular flexibility index (Phi) is 9.41. The lowest BCUT2D eigenvalue weighted by Gasteiger charge is -2.30. The molecule has 0 spiro atoms. The fourth-order valence-corrected chi connectivity index (χ4v) is 5.42. The van der Waals surface area contributed by atoms with Crippen LogP contribution in [0.3, 0.4) is 0 Å². The van der Waals surface area contributed by atoms with Gasteiger partial charge in [-0.25, -0.2) is 4.98 Å². The Bertz CT molecular complexity index is 1280. The second-order valence-electron chi connectivity index (χ2n) is 11.2. The molecule has 220 valence electrons. The van der Waals surface area contributed by atoms with Crippen LogP contribution in [0, 0.1) is 5.92 Å². The minimum Gasteiger partial charge on any atom is -0.349 e. The average Bonchev–Trinajstić information content (AvgIpc) is 3.59. The van der Waals surface area contributed by atoms with Gasteiger partial charge in [0.05, 0.1) is 25.1 Å². The van der Waals surface area contributed by atoms with Gasteiger partial charge in [-0.3, -0.25) is 24.0 Å². The molecule has 4 rings (SSSR count). The number of carbonyl (C=O) groups is 5. The number of nitrogens with one attached hydrogen (secondary N) is 3. The highest BCUT2D eigenvalue weighted by molar-refractivity contribution is 5.97. The molecule has 3 heterocycles. The zero-order chi connectivity index (χ0) is 29.7. The highest BCUT2D eigenvalue weighted by Crippen LogP contribution is 2.20. The van der Waals surface area contributed by atoms with Crippen LogP contribution in [-0.2, 0) is 32.6 Å². The van der Waals surface area contributed by atoms with E-state index in [1.165, 1.54) is 22.3 Å². The minimum atomic E-state index is -0.907. The van der Waals surface area contributed by atoms with Crippen molar-refractivity contribution in [1.29, 1.82) is 0 Å². The number of aromatic nitrogens is 2. The van der Waals surface area contributed by atoms with Gasteiger partial charge in [0.2, 0.25) is 23.6 Å². The Hall–Kier alpha value is -4.22. The molecule has 0 radical (unpaired) electrons. The van der Waals surface area contributed by atoms with Crippen molar-refractivity contribution in [1.82, 2.24) is 35.3 Å². The Morgan fingerprint density at radius 1 is 1.05 bits per heavy atom. The van der Waals surface area contributed by atoms with E-state index in [4.69, 9.17) is 0 Å². The van der Waals surface area contributed by atoms with Gasteiger partial charge in [-0.15, -0.1) is 0 Å². The number of carbonyl (C=O) groups excluding carboxylic acids is 5. The third-order valence-corrected chi connectivity index (χ3v) is 7.60. The fraction of sp³-hybridized carbons (Fsp3) is 0.517. The summed E-state index contributed by atoms with van der Waals surface area (Å²) < 4.78 is 1.56. The van der Waals surface area contributed by atoms with Crippen LogP contribution >= 0.6 is 0 Å². The molecular weight excluding hydrogens is 526 g/mol. The van der Waals surface area contributed by atoms with E-state index >= 15 is 0 Å². The molecule has 0 bridgehead atoms. The number of amides is 5. The molecule has 1 aromatic heterocycles. The monoisotopic (exact) mass is 565 g/mol. The van der Waals surface area contributed by atoms with Gasteiger partial charge in [-0.1, -0.05) is 44.2 Å². The van der Waals surface area contributed by atoms with Gasteiger partial charge in [-0.05, 0) is 37.7 Å². The SMILES string of the molecule is CC(C)[C@@H]1NC(=O)[C@H]2CCCN2C(=O)[C@H](C)NC(=O)CN(C(=O)c2cncn2C)C[C@H](Cc2ccccc2)NC1=O. The summed E-state index contributed by atoms with van der Waals surface area (Å²) in [6, 6.07) is 6.43.